The van der Waals surface area contributed by atoms with E-state index in [4.69, 9.17) is 0 Å². The second kappa shape index (κ2) is 7.74. The fourth-order valence-electron chi connectivity index (χ4n) is 2.82. The largest absolute Gasteiger partial charge is 0.343 e. The van der Waals surface area contributed by atoms with E-state index in [1.165, 1.54) is 0 Å². The number of carbonyl (C=O) groups excluding carboxylic acids is 2. The lowest BCUT2D eigenvalue weighted by molar-refractivity contribution is -0.115. The van der Waals surface area contributed by atoms with Crippen molar-refractivity contribution in [2.45, 2.75) is 18.9 Å². The number of anilines is 1. The lowest BCUT2D eigenvalue weighted by atomic mass is 10.2. The maximum atomic E-state index is 13.6. The third kappa shape index (κ3) is 4.26. The van der Waals surface area contributed by atoms with Gasteiger partial charge >= 0.3 is 0 Å². The molecule has 148 valence electrons. The molecule has 2 aromatic carbocycles. The van der Waals surface area contributed by atoms with Crippen LogP contribution in [0.3, 0.4) is 0 Å². The number of hydrogen-bond donors (Lipinski definition) is 2. The van der Waals surface area contributed by atoms with Gasteiger partial charge < -0.3 is 10.6 Å². The van der Waals surface area contributed by atoms with Crippen molar-refractivity contribution < 1.29 is 18.4 Å². The third-order valence-corrected chi connectivity index (χ3v) is 4.38. The minimum Gasteiger partial charge on any atom is -0.343 e. The zero-order chi connectivity index (χ0) is 20.4. The molecule has 1 saturated carbocycles. The number of tetrazole rings is 1. The van der Waals surface area contributed by atoms with Gasteiger partial charge in [-0.1, -0.05) is 12.1 Å². The van der Waals surface area contributed by atoms with Gasteiger partial charge in [-0.3, -0.25) is 9.59 Å². The number of aromatic nitrogens is 4. The Kier molecular flexibility index (Phi) is 4.98. The highest BCUT2D eigenvalue weighted by atomic mass is 19.1. The minimum atomic E-state index is -0.996. The van der Waals surface area contributed by atoms with Gasteiger partial charge in [0.15, 0.2) is 5.82 Å². The number of carbonyl (C=O) groups is 2. The number of hydrogen-bond acceptors (Lipinski definition) is 5. The zero-order valence-electron chi connectivity index (χ0n) is 15.1. The molecule has 10 heteroatoms. The fourth-order valence-corrected chi connectivity index (χ4v) is 2.82. The molecule has 1 heterocycles. The van der Waals surface area contributed by atoms with Gasteiger partial charge in [-0.2, -0.15) is 0 Å². The summed E-state index contributed by atoms with van der Waals surface area (Å²) in [4.78, 5) is 24.1. The minimum absolute atomic E-state index is 0.306. The lowest BCUT2D eigenvalue weighted by Crippen LogP contribution is -2.33. The summed E-state index contributed by atoms with van der Waals surface area (Å²) in [5.41, 5.74) is 0.908. The summed E-state index contributed by atoms with van der Waals surface area (Å²) in [7, 11) is 0. The molecule has 4 rings (SSSR count). The van der Waals surface area contributed by atoms with E-state index in [-0.39, 0.29) is 12.1 Å². The average Bonchev–Trinajstić information content (AvgIpc) is 3.42. The Labute approximate surface area is 163 Å². The summed E-state index contributed by atoms with van der Waals surface area (Å²) in [6.45, 7) is -0.375. The van der Waals surface area contributed by atoms with E-state index in [9.17, 15) is 18.4 Å². The molecule has 1 fully saturated rings. The molecule has 0 saturated heterocycles. The van der Waals surface area contributed by atoms with Crippen molar-refractivity contribution in [3.05, 3.63) is 59.7 Å². The molecule has 29 heavy (non-hydrogen) atoms. The van der Waals surface area contributed by atoms with E-state index >= 15 is 0 Å². The SMILES string of the molecule is O=C(CNC(=O)c1ccc(F)cc1F)Nc1cccc(-c2nnnn2C2CC2)c1. The Balaban J connectivity index is 1.38. The van der Waals surface area contributed by atoms with Crippen molar-refractivity contribution in [3.63, 3.8) is 0 Å². The summed E-state index contributed by atoms with van der Waals surface area (Å²) in [6.07, 6.45) is 2.06. The van der Waals surface area contributed by atoms with Crippen LogP contribution in [0.15, 0.2) is 42.5 Å². The molecule has 1 aliphatic carbocycles. The van der Waals surface area contributed by atoms with Crippen molar-refractivity contribution in [2.75, 3.05) is 11.9 Å². The van der Waals surface area contributed by atoms with Crippen LogP contribution < -0.4 is 10.6 Å². The molecule has 1 aliphatic rings. The van der Waals surface area contributed by atoms with Crippen LogP contribution in [0.2, 0.25) is 0 Å². The van der Waals surface area contributed by atoms with Crippen LogP contribution in [0.25, 0.3) is 11.4 Å². The number of nitrogens with zero attached hydrogens (tertiary/aromatic N) is 4. The smallest absolute Gasteiger partial charge is 0.254 e. The van der Waals surface area contributed by atoms with E-state index in [0.29, 0.717) is 23.6 Å². The predicted octanol–water partition coefficient (Wildman–Crippen LogP) is 2.32. The molecule has 0 unspecified atom stereocenters. The molecule has 0 spiro atoms. The first kappa shape index (κ1) is 18.7. The van der Waals surface area contributed by atoms with E-state index < -0.39 is 23.4 Å². The van der Waals surface area contributed by atoms with Crippen molar-refractivity contribution in [1.82, 2.24) is 25.5 Å². The van der Waals surface area contributed by atoms with Crippen LogP contribution in [0.5, 0.6) is 0 Å². The summed E-state index contributed by atoms with van der Waals surface area (Å²) in [5, 5.41) is 16.7. The molecular formula is C19H16F2N6O2. The summed E-state index contributed by atoms with van der Waals surface area (Å²) in [5.74, 6) is -2.48. The number of rotatable bonds is 6. The monoisotopic (exact) mass is 398 g/mol. The zero-order valence-corrected chi connectivity index (χ0v) is 15.1. The Morgan fingerprint density at radius 1 is 1.14 bits per heavy atom. The predicted molar refractivity (Wildman–Crippen MR) is 98.8 cm³/mol. The van der Waals surface area contributed by atoms with Gasteiger partial charge in [0.25, 0.3) is 5.91 Å². The Morgan fingerprint density at radius 3 is 2.72 bits per heavy atom. The first-order valence-corrected chi connectivity index (χ1v) is 8.92. The molecular weight excluding hydrogens is 382 g/mol. The number of benzene rings is 2. The van der Waals surface area contributed by atoms with Crippen molar-refractivity contribution >= 4 is 17.5 Å². The van der Waals surface area contributed by atoms with Crippen molar-refractivity contribution in [3.8, 4) is 11.4 Å². The molecule has 2 N–H and O–H groups in total. The summed E-state index contributed by atoms with van der Waals surface area (Å²) >= 11 is 0. The molecule has 0 aliphatic heterocycles. The lowest BCUT2D eigenvalue weighted by Gasteiger charge is -2.09. The van der Waals surface area contributed by atoms with Gasteiger partial charge in [0.05, 0.1) is 18.2 Å². The molecule has 0 bridgehead atoms. The van der Waals surface area contributed by atoms with Gasteiger partial charge in [0.2, 0.25) is 5.91 Å². The highest BCUT2D eigenvalue weighted by Crippen LogP contribution is 2.36. The van der Waals surface area contributed by atoms with E-state index in [1.54, 1.807) is 22.9 Å². The Hall–Kier alpha value is -3.69. The molecule has 0 atom stereocenters. The summed E-state index contributed by atoms with van der Waals surface area (Å²) in [6, 6.07) is 9.90. The maximum Gasteiger partial charge on any atom is 0.254 e. The van der Waals surface area contributed by atoms with Crippen LogP contribution in [-0.2, 0) is 4.79 Å². The van der Waals surface area contributed by atoms with Gasteiger partial charge in [0.1, 0.15) is 11.6 Å². The van der Waals surface area contributed by atoms with Crippen LogP contribution >= 0.6 is 0 Å². The van der Waals surface area contributed by atoms with Crippen LogP contribution in [0, 0.1) is 11.6 Å². The molecule has 3 aromatic rings. The molecule has 1 aromatic heterocycles. The standard InChI is InChI=1S/C19H16F2N6O2/c20-12-4-7-15(16(21)9-12)19(29)22-10-17(28)23-13-3-1-2-11(8-13)18-24-25-26-27(18)14-5-6-14/h1-4,7-9,14H,5-6,10H2,(H,22,29)(H,23,28). The van der Waals surface area contributed by atoms with E-state index in [0.717, 1.165) is 30.5 Å². The summed E-state index contributed by atoms with van der Waals surface area (Å²) < 4.78 is 28.3. The van der Waals surface area contributed by atoms with E-state index in [1.807, 2.05) is 6.07 Å². The normalized spacial score (nSPS) is 13.2. The number of nitrogens with one attached hydrogen (secondary N) is 2. The molecule has 8 nitrogen and oxygen atoms in total. The molecule has 2 amide bonds. The number of amides is 2. The van der Waals surface area contributed by atoms with Gasteiger partial charge in [-0.05, 0) is 47.5 Å². The van der Waals surface area contributed by atoms with E-state index in [2.05, 4.69) is 26.2 Å². The quantitative estimate of drug-likeness (QED) is 0.664. The highest BCUT2D eigenvalue weighted by molar-refractivity contribution is 5.99. The van der Waals surface area contributed by atoms with Gasteiger partial charge in [-0.25, -0.2) is 13.5 Å². The first-order valence-electron chi connectivity index (χ1n) is 8.92. The fraction of sp³-hybridized carbons (Fsp3) is 0.211. The van der Waals surface area contributed by atoms with Crippen LogP contribution in [0.1, 0.15) is 29.2 Å². The van der Waals surface area contributed by atoms with Crippen molar-refractivity contribution in [2.24, 2.45) is 0 Å². The molecule has 0 radical (unpaired) electrons. The van der Waals surface area contributed by atoms with Crippen LogP contribution in [-0.4, -0.2) is 38.6 Å². The Bertz CT molecular complexity index is 1080. The Morgan fingerprint density at radius 2 is 1.97 bits per heavy atom. The second-order valence-electron chi connectivity index (χ2n) is 6.61. The third-order valence-electron chi connectivity index (χ3n) is 4.38. The maximum absolute atomic E-state index is 13.6. The topological polar surface area (TPSA) is 102 Å². The first-order chi connectivity index (χ1) is 14.0. The van der Waals surface area contributed by atoms with Gasteiger partial charge in [-0.15, -0.1) is 5.10 Å². The number of halogens is 2. The second-order valence-corrected chi connectivity index (χ2v) is 6.61. The van der Waals surface area contributed by atoms with Crippen LogP contribution in [0.4, 0.5) is 14.5 Å². The van der Waals surface area contributed by atoms with Crippen molar-refractivity contribution in [1.29, 1.82) is 0 Å². The average molecular weight is 398 g/mol. The van der Waals surface area contributed by atoms with Gasteiger partial charge in [0, 0.05) is 17.3 Å². The highest BCUT2D eigenvalue weighted by Gasteiger charge is 2.28.